The lowest BCUT2D eigenvalue weighted by Gasteiger charge is -2.37. The Kier molecular flexibility index (Phi) is 7.18. The molecule has 170 valence electrons. The highest BCUT2D eigenvalue weighted by molar-refractivity contribution is 5.97. The molecular formula is C28H29NO4. The summed E-state index contributed by atoms with van der Waals surface area (Å²) in [4.78, 5) is 23.9. The minimum Gasteiger partial charge on any atom is -0.481 e. The van der Waals surface area contributed by atoms with Gasteiger partial charge in [-0.1, -0.05) is 80.6 Å². The quantitative estimate of drug-likeness (QED) is 0.377. The molecule has 3 aromatic rings. The van der Waals surface area contributed by atoms with Gasteiger partial charge >= 0.3 is 11.9 Å². The number of hydrogen-bond acceptors (Lipinski definition) is 3. The number of carboxylic acids is 2. The molecule has 1 atom stereocenters. The predicted octanol–water partition coefficient (Wildman–Crippen LogP) is 6.41. The van der Waals surface area contributed by atoms with E-state index in [4.69, 9.17) is 0 Å². The standard InChI is InChI=1S/C28H29NO4/c1-3-27(4-2,26(32)33)18-28(19-29,17-16-25(30)31)24-15-8-7-13-23(24)22-14-9-11-20-10-5-6-12-21(20)22/h5-15H,3-4,16-18H2,1-2H3,(H,30,31)(H,32,33). The first kappa shape index (κ1) is 24.0. The van der Waals surface area contributed by atoms with E-state index >= 15 is 0 Å². The molecule has 0 aliphatic heterocycles. The van der Waals surface area contributed by atoms with Crippen molar-refractivity contribution in [2.24, 2.45) is 5.41 Å². The molecule has 0 aliphatic carbocycles. The molecule has 0 fully saturated rings. The third kappa shape index (κ3) is 4.61. The summed E-state index contributed by atoms with van der Waals surface area (Å²) >= 11 is 0. The summed E-state index contributed by atoms with van der Waals surface area (Å²) in [7, 11) is 0. The van der Waals surface area contributed by atoms with Crippen LogP contribution >= 0.6 is 0 Å². The zero-order valence-electron chi connectivity index (χ0n) is 19.0. The molecule has 3 rings (SSSR count). The van der Waals surface area contributed by atoms with Crippen molar-refractivity contribution in [2.75, 3.05) is 0 Å². The Morgan fingerprint density at radius 1 is 0.879 bits per heavy atom. The van der Waals surface area contributed by atoms with Crippen LogP contribution in [0.15, 0.2) is 66.7 Å². The third-order valence-corrected chi connectivity index (χ3v) is 6.95. The molecule has 0 aliphatic rings. The van der Waals surface area contributed by atoms with Gasteiger partial charge in [0.2, 0.25) is 0 Å². The van der Waals surface area contributed by atoms with Crippen LogP contribution < -0.4 is 0 Å². The normalized spacial score (nSPS) is 13.2. The monoisotopic (exact) mass is 443 g/mol. The number of benzene rings is 3. The first-order chi connectivity index (χ1) is 15.8. The minimum absolute atomic E-state index is 0.0373. The van der Waals surface area contributed by atoms with Gasteiger partial charge in [-0.2, -0.15) is 5.26 Å². The maximum atomic E-state index is 12.4. The fraction of sp³-hybridized carbons (Fsp3) is 0.321. The molecule has 0 amide bonds. The molecule has 3 aromatic carbocycles. The Hall–Kier alpha value is -3.65. The van der Waals surface area contributed by atoms with E-state index < -0.39 is 22.8 Å². The number of carboxylic acid groups (broad SMARTS) is 2. The number of aliphatic carboxylic acids is 2. The molecule has 0 saturated heterocycles. The number of fused-ring (bicyclic) bond motifs is 1. The Labute approximate surface area is 194 Å². The smallest absolute Gasteiger partial charge is 0.309 e. The summed E-state index contributed by atoms with van der Waals surface area (Å²) in [5, 5.41) is 32.2. The van der Waals surface area contributed by atoms with Crippen molar-refractivity contribution in [3.8, 4) is 17.2 Å². The highest BCUT2D eigenvalue weighted by Crippen LogP contribution is 2.47. The Balaban J connectivity index is 2.29. The molecule has 5 nitrogen and oxygen atoms in total. The highest BCUT2D eigenvalue weighted by atomic mass is 16.4. The summed E-state index contributed by atoms with van der Waals surface area (Å²) in [5.41, 5.74) is 0.0501. The average Bonchev–Trinajstić information content (AvgIpc) is 2.84. The van der Waals surface area contributed by atoms with Gasteiger partial charge in [0.05, 0.1) is 16.9 Å². The molecule has 33 heavy (non-hydrogen) atoms. The van der Waals surface area contributed by atoms with Gasteiger partial charge in [0.25, 0.3) is 0 Å². The molecule has 0 radical (unpaired) electrons. The van der Waals surface area contributed by atoms with Gasteiger partial charge < -0.3 is 10.2 Å². The third-order valence-electron chi connectivity index (χ3n) is 6.95. The van der Waals surface area contributed by atoms with E-state index in [1.807, 2.05) is 80.6 Å². The molecule has 0 heterocycles. The Morgan fingerprint density at radius 3 is 2.12 bits per heavy atom. The van der Waals surface area contributed by atoms with Crippen molar-refractivity contribution in [1.29, 1.82) is 5.26 Å². The van der Waals surface area contributed by atoms with Gasteiger partial charge in [-0.3, -0.25) is 9.59 Å². The summed E-state index contributed by atoms with van der Waals surface area (Å²) < 4.78 is 0. The van der Waals surface area contributed by atoms with E-state index in [-0.39, 0.29) is 19.3 Å². The first-order valence-corrected chi connectivity index (χ1v) is 11.3. The van der Waals surface area contributed by atoms with Crippen molar-refractivity contribution in [2.45, 2.75) is 51.4 Å². The summed E-state index contributed by atoms with van der Waals surface area (Å²) in [6.07, 6.45) is 0.571. The van der Waals surface area contributed by atoms with E-state index in [2.05, 4.69) is 6.07 Å². The van der Waals surface area contributed by atoms with Crippen LogP contribution in [0.25, 0.3) is 21.9 Å². The topological polar surface area (TPSA) is 98.4 Å². The molecule has 0 saturated carbocycles. The van der Waals surface area contributed by atoms with Gasteiger partial charge in [-0.25, -0.2) is 0 Å². The van der Waals surface area contributed by atoms with Crippen LogP contribution in [0.2, 0.25) is 0 Å². The molecule has 2 N–H and O–H groups in total. The zero-order chi connectivity index (χ0) is 24.1. The molecular weight excluding hydrogens is 414 g/mol. The van der Waals surface area contributed by atoms with Gasteiger partial charge in [-0.05, 0) is 53.1 Å². The average molecular weight is 444 g/mol. The second-order valence-corrected chi connectivity index (χ2v) is 8.63. The van der Waals surface area contributed by atoms with Gasteiger partial charge in [0.1, 0.15) is 0 Å². The van der Waals surface area contributed by atoms with Gasteiger partial charge in [0, 0.05) is 6.42 Å². The van der Waals surface area contributed by atoms with Crippen molar-refractivity contribution >= 4 is 22.7 Å². The SMILES string of the molecule is CCC(CC)(CC(C#N)(CCC(=O)O)c1ccccc1-c1cccc2ccccc12)C(=O)O. The molecule has 0 bridgehead atoms. The van der Waals surface area contributed by atoms with Crippen LogP contribution in [0.3, 0.4) is 0 Å². The minimum atomic E-state index is -1.27. The number of hydrogen-bond donors (Lipinski definition) is 2. The summed E-state index contributed by atoms with van der Waals surface area (Å²) in [5.74, 6) is -1.96. The van der Waals surface area contributed by atoms with Crippen molar-refractivity contribution in [3.63, 3.8) is 0 Å². The lowest BCUT2D eigenvalue weighted by atomic mass is 9.63. The molecule has 0 aromatic heterocycles. The fourth-order valence-corrected chi connectivity index (χ4v) is 4.85. The molecule has 5 heteroatoms. The van der Waals surface area contributed by atoms with Crippen LogP contribution in [0.1, 0.15) is 51.5 Å². The maximum absolute atomic E-state index is 12.4. The van der Waals surface area contributed by atoms with E-state index in [1.165, 1.54) is 0 Å². The largest absolute Gasteiger partial charge is 0.481 e. The summed E-state index contributed by atoms with van der Waals surface area (Å²) in [6, 6.07) is 23.8. The fourth-order valence-electron chi connectivity index (χ4n) is 4.85. The van der Waals surface area contributed by atoms with Crippen molar-refractivity contribution in [3.05, 3.63) is 72.3 Å². The second kappa shape index (κ2) is 9.87. The van der Waals surface area contributed by atoms with Crippen molar-refractivity contribution < 1.29 is 19.8 Å². The summed E-state index contributed by atoms with van der Waals surface area (Å²) in [6.45, 7) is 3.63. The number of carbonyl (C=O) groups is 2. The Morgan fingerprint density at radius 2 is 1.48 bits per heavy atom. The van der Waals surface area contributed by atoms with E-state index in [0.717, 1.165) is 21.9 Å². The molecule has 0 spiro atoms. The first-order valence-electron chi connectivity index (χ1n) is 11.3. The number of nitriles is 1. The van der Waals surface area contributed by atoms with Gasteiger partial charge in [-0.15, -0.1) is 0 Å². The van der Waals surface area contributed by atoms with Gasteiger partial charge in [0.15, 0.2) is 0 Å². The number of nitrogens with zero attached hydrogens (tertiary/aromatic N) is 1. The zero-order valence-corrected chi connectivity index (χ0v) is 19.0. The number of rotatable bonds is 10. The van der Waals surface area contributed by atoms with Crippen LogP contribution in [0, 0.1) is 16.7 Å². The van der Waals surface area contributed by atoms with Crippen LogP contribution in [-0.4, -0.2) is 22.2 Å². The second-order valence-electron chi connectivity index (χ2n) is 8.63. The van der Waals surface area contributed by atoms with Crippen LogP contribution in [0.4, 0.5) is 0 Å². The maximum Gasteiger partial charge on any atom is 0.309 e. The lowest BCUT2D eigenvalue weighted by molar-refractivity contribution is -0.150. The van der Waals surface area contributed by atoms with E-state index in [9.17, 15) is 25.1 Å². The lowest BCUT2D eigenvalue weighted by Crippen LogP contribution is -2.39. The van der Waals surface area contributed by atoms with E-state index in [1.54, 1.807) is 0 Å². The van der Waals surface area contributed by atoms with E-state index in [0.29, 0.717) is 18.4 Å². The predicted molar refractivity (Wildman–Crippen MR) is 129 cm³/mol. The van der Waals surface area contributed by atoms with Crippen molar-refractivity contribution in [1.82, 2.24) is 0 Å². The Bertz CT molecular complexity index is 1200. The highest BCUT2D eigenvalue weighted by Gasteiger charge is 2.46. The van der Waals surface area contributed by atoms with Crippen LogP contribution in [0.5, 0.6) is 0 Å². The molecule has 1 unspecified atom stereocenters. The van der Waals surface area contributed by atoms with Crippen LogP contribution in [-0.2, 0) is 15.0 Å².